The van der Waals surface area contributed by atoms with Crippen molar-refractivity contribution in [1.29, 1.82) is 0 Å². The summed E-state index contributed by atoms with van der Waals surface area (Å²) in [6, 6.07) is 10.3. The molecule has 4 heteroatoms. The van der Waals surface area contributed by atoms with E-state index in [0.29, 0.717) is 0 Å². The molecule has 0 spiro atoms. The number of nitrogens with one attached hydrogen (secondary N) is 1. The molecule has 1 heterocycles. The molecule has 0 saturated heterocycles. The molecule has 2 rings (SSSR count). The van der Waals surface area contributed by atoms with Gasteiger partial charge in [-0.1, -0.05) is 23.7 Å². The largest absolute Gasteiger partial charge is 0.312 e. The zero-order valence-electron chi connectivity index (χ0n) is 11.1. The van der Waals surface area contributed by atoms with E-state index in [2.05, 4.69) is 23.3 Å². The van der Waals surface area contributed by atoms with Gasteiger partial charge in [-0.05, 0) is 43.3 Å². The standard InChI is InChI=1S/C15H17ClN2S/c1-11-7-8-18-9-12(11)14(17-2)10-19-15-6-4-3-5-13(15)16/h3-9,14,17H,10H2,1-2H3. The second-order valence-electron chi connectivity index (χ2n) is 4.31. The third kappa shape index (κ3) is 3.72. The van der Waals surface area contributed by atoms with Crippen LogP contribution < -0.4 is 5.32 Å². The molecule has 0 bridgehead atoms. The van der Waals surface area contributed by atoms with Gasteiger partial charge in [0.1, 0.15) is 0 Å². The third-order valence-corrected chi connectivity index (χ3v) is 4.65. The third-order valence-electron chi connectivity index (χ3n) is 3.05. The lowest BCUT2D eigenvalue weighted by molar-refractivity contribution is 0.655. The predicted octanol–water partition coefficient (Wildman–Crippen LogP) is 4.10. The summed E-state index contributed by atoms with van der Waals surface area (Å²) in [7, 11) is 1.98. The molecule has 1 aromatic heterocycles. The number of aryl methyl sites for hydroxylation is 1. The van der Waals surface area contributed by atoms with Crippen molar-refractivity contribution in [2.45, 2.75) is 17.9 Å². The van der Waals surface area contributed by atoms with Crippen LogP contribution in [0, 0.1) is 6.92 Å². The molecule has 0 aliphatic carbocycles. The molecule has 0 saturated carbocycles. The minimum absolute atomic E-state index is 0.273. The van der Waals surface area contributed by atoms with E-state index in [9.17, 15) is 0 Å². The van der Waals surface area contributed by atoms with Gasteiger partial charge in [0, 0.05) is 29.1 Å². The molecule has 100 valence electrons. The SMILES string of the molecule is CNC(CSc1ccccc1Cl)c1cnccc1C. The molecule has 0 aliphatic rings. The van der Waals surface area contributed by atoms with Gasteiger partial charge < -0.3 is 5.32 Å². The van der Waals surface area contributed by atoms with Gasteiger partial charge in [-0.3, -0.25) is 4.98 Å². The van der Waals surface area contributed by atoms with Crippen molar-refractivity contribution in [2.75, 3.05) is 12.8 Å². The molecular weight excluding hydrogens is 276 g/mol. The Kier molecular flexibility index (Phi) is 5.25. The van der Waals surface area contributed by atoms with E-state index < -0.39 is 0 Å². The van der Waals surface area contributed by atoms with Crippen LogP contribution in [-0.4, -0.2) is 17.8 Å². The van der Waals surface area contributed by atoms with Gasteiger partial charge in [0.2, 0.25) is 0 Å². The van der Waals surface area contributed by atoms with Crippen LogP contribution in [0.1, 0.15) is 17.2 Å². The van der Waals surface area contributed by atoms with E-state index in [1.807, 2.05) is 43.7 Å². The van der Waals surface area contributed by atoms with Crippen LogP contribution in [0.4, 0.5) is 0 Å². The lowest BCUT2D eigenvalue weighted by Gasteiger charge is -2.18. The van der Waals surface area contributed by atoms with Gasteiger partial charge in [-0.15, -0.1) is 11.8 Å². The average Bonchev–Trinajstić information content (AvgIpc) is 2.43. The number of thioether (sulfide) groups is 1. The Bertz CT molecular complexity index is 545. The highest BCUT2D eigenvalue weighted by Gasteiger charge is 2.13. The smallest absolute Gasteiger partial charge is 0.0541 e. The molecule has 1 N–H and O–H groups in total. The van der Waals surface area contributed by atoms with Crippen molar-refractivity contribution < 1.29 is 0 Å². The quantitative estimate of drug-likeness (QED) is 0.840. The molecule has 19 heavy (non-hydrogen) atoms. The highest BCUT2D eigenvalue weighted by molar-refractivity contribution is 7.99. The molecule has 2 aromatic rings. The van der Waals surface area contributed by atoms with E-state index in [0.717, 1.165) is 15.7 Å². The Morgan fingerprint density at radius 2 is 2.11 bits per heavy atom. The second kappa shape index (κ2) is 6.94. The first-order valence-corrected chi connectivity index (χ1v) is 7.54. The van der Waals surface area contributed by atoms with Crippen molar-refractivity contribution in [3.05, 3.63) is 58.9 Å². The lowest BCUT2D eigenvalue weighted by Crippen LogP contribution is -2.19. The van der Waals surface area contributed by atoms with E-state index >= 15 is 0 Å². The fraction of sp³-hybridized carbons (Fsp3) is 0.267. The number of hydrogen-bond acceptors (Lipinski definition) is 3. The van der Waals surface area contributed by atoms with Crippen molar-refractivity contribution in [1.82, 2.24) is 10.3 Å². The summed E-state index contributed by atoms with van der Waals surface area (Å²) in [5.74, 6) is 0.923. The second-order valence-corrected chi connectivity index (χ2v) is 5.78. The number of pyridine rings is 1. The van der Waals surface area contributed by atoms with Crippen LogP contribution >= 0.6 is 23.4 Å². The molecule has 2 nitrogen and oxygen atoms in total. The van der Waals surface area contributed by atoms with Gasteiger partial charge in [-0.25, -0.2) is 0 Å². The van der Waals surface area contributed by atoms with Crippen LogP contribution in [0.3, 0.4) is 0 Å². The molecule has 1 atom stereocenters. The zero-order valence-corrected chi connectivity index (χ0v) is 12.6. The van der Waals surface area contributed by atoms with Gasteiger partial charge in [0.15, 0.2) is 0 Å². The molecule has 1 aromatic carbocycles. The lowest BCUT2D eigenvalue weighted by atomic mass is 10.1. The Hall–Kier alpha value is -1.03. The zero-order chi connectivity index (χ0) is 13.7. The summed E-state index contributed by atoms with van der Waals surface area (Å²) in [4.78, 5) is 5.33. The summed E-state index contributed by atoms with van der Waals surface area (Å²) >= 11 is 7.94. The first-order chi connectivity index (χ1) is 9.22. The van der Waals surface area contributed by atoms with Gasteiger partial charge in [-0.2, -0.15) is 0 Å². The summed E-state index contributed by atoms with van der Waals surface area (Å²) < 4.78 is 0. The van der Waals surface area contributed by atoms with Crippen LogP contribution in [0.2, 0.25) is 5.02 Å². The molecular formula is C15H17ClN2S. The van der Waals surface area contributed by atoms with Crippen molar-refractivity contribution >= 4 is 23.4 Å². The Morgan fingerprint density at radius 1 is 1.32 bits per heavy atom. The van der Waals surface area contributed by atoms with Crippen molar-refractivity contribution in [3.8, 4) is 0 Å². The number of hydrogen-bond donors (Lipinski definition) is 1. The van der Waals surface area contributed by atoms with Gasteiger partial charge in [0.25, 0.3) is 0 Å². The Morgan fingerprint density at radius 3 is 2.79 bits per heavy atom. The number of benzene rings is 1. The number of aromatic nitrogens is 1. The maximum absolute atomic E-state index is 6.17. The average molecular weight is 293 g/mol. The number of rotatable bonds is 5. The fourth-order valence-electron chi connectivity index (χ4n) is 1.90. The molecule has 0 amide bonds. The van der Waals surface area contributed by atoms with E-state index in [1.54, 1.807) is 11.8 Å². The van der Waals surface area contributed by atoms with Crippen molar-refractivity contribution in [3.63, 3.8) is 0 Å². The van der Waals surface area contributed by atoms with Crippen LogP contribution in [0.5, 0.6) is 0 Å². The monoisotopic (exact) mass is 292 g/mol. The fourth-order valence-corrected chi connectivity index (χ4v) is 3.28. The maximum atomic E-state index is 6.17. The highest BCUT2D eigenvalue weighted by Crippen LogP contribution is 2.30. The van der Waals surface area contributed by atoms with Gasteiger partial charge >= 0.3 is 0 Å². The van der Waals surface area contributed by atoms with Crippen LogP contribution in [0.15, 0.2) is 47.6 Å². The normalized spacial score (nSPS) is 12.4. The van der Waals surface area contributed by atoms with Crippen LogP contribution in [0.25, 0.3) is 0 Å². The molecule has 1 unspecified atom stereocenters. The molecule has 0 fully saturated rings. The van der Waals surface area contributed by atoms with E-state index in [-0.39, 0.29) is 6.04 Å². The van der Waals surface area contributed by atoms with E-state index in [1.165, 1.54) is 11.1 Å². The molecule has 0 aliphatic heterocycles. The summed E-state index contributed by atoms with van der Waals surface area (Å²) in [5.41, 5.74) is 2.50. The minimum atomic E-state index is 0.273. The van der Waals surface area contributed by atoms with Crippen molar-refractivity contribution in [2.24, 2.45) is 0 Å². The number of halogens is 1. The summed E-state index contributed by atoms with van der Waals surface area (Å²) in [6.07, 6.45) is 3.76. The first kappa shape index (κ1) is 14.4. The molecule has 0 radical (unpaired) electrons. The summed E-state index contributed by atoms with van der Waals surface area (Å²) in [5, 5.41) is 4.16. The maximum Gasteiger partial charge on any atom is 0.0541 e. The predicted molar refractivity (Wildman–Crippen MR) is 83.0 cm³/mol. The Balaban J connectivity index is 2.09. The van der Waals surface area contributed by atoms with Gasteiger partial charge in [0.05, 0.1) is 5.02 Å². The minimum Gasteiger partial charge on any atom is -0.312 e. The highest BCUT2D eigenvalue weighted by atomic mass is 35.5. The first-order valence-electron chi connectivity index (χ1n) is 6.17. The summed E-state index contributed by atoms with van der Waals surface area (Å²) in [6.45, 7) is 2.11. The van der Waals surface area contributed by atoms with E-state index in [4.69, 9.17) is 11.6 Å². The van der Waals surface area contributed by atoms with Crippen LogP contribution in [-0.2, 0) is 0 Å². The number of nitrogens with zero attached hydrogens (tertiary/aromatic N) is 1. The topological polar surface area (TPSA) is 24.9 Å². The Labute approximate surface area is 123 Å².